The molecule has 18 heavy (non-hydrogen) atoms. The summed E-state index contributed by atoms with van der Waals surface area (Å²) in [4.78, 5) is 11.7. The zero-order valence-electron chi connectivity index (χ0n) is 10.2. The minimum absolute atomic E-state index is 0.0365. The highest BCUT2D eigenvalue weighted by molar-refractivity contribution is 6.00. The summed E-state index contributed by atoms with van der Waals surface area (Å²) in [5.74, 6) is -0.364. The van der Waals surface area contributed by atoms with E-state index in [2.05, 4.69) is 5.32 Å². The van der Waals surface area contributed by atoms with Crippen molar-refractivity contribution in [3.05, 3.63) is 17.9 Å². The van der Waals surface area contributed by atoms with E-state index in [4.69, 9.17) is 15.2 Å². The van der Waals surface area contributed by atoms with Crippen molar-refractivity contribution in [2.75, 3.05) is 19.5 Å². The number of carbonyl (C=O) groups is 1. The Balaban J connectivity index is 2.25. The molecule has 98 valence electrons. The molecule has 2 rings (SSSR count). The highest BCUT2D eigenvalue weighted by Crippen LogP contribution is 2.36. The Bertz CT molecular complexity index is 486. The van der Waals surface area contributed by atoms with Crippen LogP contribution in [0.15, 0.2) is 12.1 Å². The maximum absolute atomic E-state index is 13.7. The number of halogens is 1. The van der Waals surface area contributed by atoms with Crippen LogP contribution in [0, 0.1) is 5.82 Å². The lowest BCUT2D eigenvalue weighted by atomic mass is 10.2. The van der Waals surface area contributed by atoms with Crippen LogP contribution < -0.4 is 20.5 Å². The number of rotatable bonds is 4. The lowest BCUT2D eigenvalue weighted by Gasteiger charge is -2.13. The fourth-order valence-electron chi connectivity index (χ4n) is 1.56. The summed E-state index contributed by atoms with van der Waals surface area (Å²) in [5, 5.41) is 2.46. The topological polar surface area (TPSA) is 73.6 Å². The summed E-state index contributed by atoms with van der Waals surface area (Å²) in [6, 6.07) is 2.53. The van der Waals surface area contributed by atoms with E-state index in [0.29, 0.717) is 18.6 Å². The summed E-state index contributed by atoms with van der Waals surface area (Å²) in [6.07, 6.45) is 1.24. The van der Waals surface area contributed by atoms with Gasteiger partial charge in [-0.05, 0) is 12.8 Å². The zero-order chi connectivity index (χ0) is 13.3. The van der Waals surface area contributed by atoms with Crippen LogP contribution in [-0.2, 0) is 4.79 Å². The van der Waals surface area contributed by atoms with E-state index >= 15 is 0 Å². The number of nitrogens with one attached hydrogen (secondary N) is 1. The summed E-state index contributed by atoms with van der Waals surface area (Å²) in [5.41, 5.74) is 4.91. The molecule has 5 nitrogen and oxygen atoms in total. The normalized spacial score (nSPS) is 16.0. The number of nitrogens with two attached hydrogens (primary N) is 1. The molecule has 0 aromatic heterocycles. The number of hydrogen-bond acceptors (Lipinski definition) is 4. The highest BCUT2D eigenvalue weighted by Gasteiger charge is 2.46. The molecule has 0 atom stereocenters. The van der Waals surface area contributed by atoms with E-state index in [-0.39, 0.29) is 17.3 Å². The molecule has 0 spiro atoms. The van der Waals surface area contributed by atoms with E-state index in [1.54, 1.807) is 0 Å². The van der Waals surface area contributed by atoms with Gasteiger partial charge in [0, 0.05) is 12.1 Å². The van der Waals surface area contributed by atoms with E-state index in [0.717, 1.165) is 6.07 Å². The summed E-state index contributed by atoms with van der Waals surface area (Å²) in [6.45, 7) is 0. The van der Waals surface area contributed by atoms with Crippen LogP contribution in [0.3, 0.4) is 0 Å². The first-order valence-corrected chi connectivity index (χ1v) is 5.52. The van der Waals surface area contributed by atoms with Crippen molar-refractivity contribution in [2.45, 2.75) is 18.4 Å². The maximum atomic E-state index is 13.7. The molecular formula is C12H15FN2O3. The van der Waals surface area contributed by atoms with Gasteiger partial charge >= 0.3 is 0 Å². The van der Waals surface area contributed by atoms with Gasteiger partial charge in [0.15, 0.2) is 17.3 Å². The first-order valence-electron chi connectivity index (χ1n) is 5.52. The Morgan fingerprint density at radius 1 is 1.33 bits per heavy atom. The summed E-state index contributed by atoms with van der Waals surface area (Å²) in [7, 11) is 2.85. The van der Waals surface area contributed by atoms with Crippen LogP contribution in [0.2, 0.25) is 0 Å². The average Bonchev–Trinajstić information content (AvgIpc) is 3.10. The molecule has 1 fully saturated rings. The summed E-state index contributed by atoms with van der Waals surface area (Å²) >= 11 is 0. The number of methoxy groups -OCH3 is 2. The number of anilines is 1. The van der Waals surface area contributed by atoms with Gasteiger partial charge in [-0.3, -0.25) is 4.79 Å². The van der Waals surface area contributed by atoms with Crippen LogP contribution in [-0.4, -0.2) is 25.7 Å². The van der Waals surface area contributed by atoms with Crippen LogP contribution >= 0.6 is 0 Å². The van der Waals surface area contributed by atoms with Crippen LogP contribution in [0.25, 0.3) is 0 Å². The molecule has 1 aliphatic carbocycles. The fourth-order valence-corrected chi connectivity index (χ4v) is 1.56. The van der Waals surface area contributed by atoms with Crippen molar-refractivity contribution in [2.24, 2.45) is 5.73 Å². The van der Waals surface area contributed by atoms with Crippen molar-refractivity contribution >= 4 is 11.6 Å². The minimum atomic E-state index is -0.848. The minimum Gasteiger partial charge on any atom is -0.493 e. The Labute approximate surface area is 104 Å². The molecular weight excluding hydrogens is 239 g/mol. The van der Waals surface area contributed by atoms with E-state index in [1.807, 2.05) is 0 Å². The van der Waals surface area contributed by atoms with Gasteiger partial charge in [0.05, 0.1) is 25.4 Å². The number of carbonyl (C=O) groups excluding carboxylic acids is 1. The molecule has 1 saturated carbocycles. The third-order valence-electron chi connectivity index (χ3n) is 2.96. The van der Waals surface area contributed by atoms with Gasteiger partial charge < -0.3 is 20.5 Å². The van der Waals surface area contributed by atoms with Crippen molar-refractivity contribution in [3.63, 3.8) is 0 Å². The van der Waals surface area contributed by atoms with E-state index < -0.39 is 11.4 Å². The molecule has 0 radical (unpaired) electrons. The second-order valence-corrected chi connectivity index (χ2v) is 4.30. The highest BCUT2D eigenvalue weighted by atomic mass is 19.1. The van der Waals surface area contributed by atoms with Gasteiger partial charge in [0.25, 0.3) is 0 Å². The third-order valence-corrected chi connectivity index (χ3v) is 2.96. The molecule has 1 aliphatic rings. The SMILES string of the molecule is COc1cc(F)c(NC(=O)C2(N)CC2)cc1OC. The predicted molar refractivity (Wildman–Crippen MR) is 64.3 cm³/mol. The number of hydrogen-bond donors (Lipinski definition) is 2. The van der Waals surface area contributed by atoms with Gasteiger partial charge in [0.1, 0.15) is 0 Å². The molecule has 1 amide bonds. The Morgan fingerprint density at radius 2 is 1.89 bits per heavy atom. The Kier molecular flexibility index (Phi) is 3.13. The second kappa shape index (κ2) is 4.45. The number of ether oxygens (including phenoxy) is 2. The summed E-state index contributed by atoms with van der Waals surface area (Å²) < 4.78 is 23.7. The molecule has 0 aliphatic heterocycles. The van der Waals surface area contributed by atoms with Crippen LogP contribution in [0.5, 0.6) is 11.5 Å². The van der Waals surface area contributed by atoms with E-state index in [1.165, 1.54) is 20.3 Å². The monoisotopic (exact) mass is 254 g/mol. The Hall–Kier alpha value is -1.82. The first-order chi connectivity index (χ1) is 8.50. The first kappa shape index (κ1) is 12.6. The van der Waals surface area contributed by atoms with Crippen LogP contribution in [0.1, 0.15) is 12.8 Å². The largest absolute Gasteiger partial charge is 0.493 e. The maximum Gasteiger partial charge on any atom is 0.244 e. The fraction of sp³-hybridized carbons (Fsp3) is 0.417. The lowest BCUT2D eigenvalue weighted by molar-refractivity contribution is -0.118. The smallest absolute Gasteiger partial charge is 0.244 e. The van der Waals surface area contributed by atoms with Gasteiger partial charge in [-0.15, -0.1) is 0 Å². The quantitative estimate of drug-likeness (QED) is 0.848. The van der Waals surface area contributed by atoms with Crippen molar-refractivity contribution in [1.29, 1.82) is 0 Å². The molecule has 0 heterocycles. The Morgan fingerprint density at radius 3 is 2.39 bits per heavy atom. The zero-order valence-corrected chi connectivity index (χ0v) is 10.2. The van der Waals surface area contributed by atoms with Gasteiger partial charge in [-0.1, -0.05) is 0 Å². The van der Waals surface area contributed by atoms with E-state index in [9.17, 15) is 9.18 Å². The van der Waals surface area contributed by atoms with Crippen LogP contribution in [0.4, 0.5) is 10.1 Å². The van der Waals surface area contributed by atoms with Gasteiger partial charge in [-0.2, -0.15) is 0 Å². The number of amides is 1. The van der Waals surface area contributed by atoms with Crippen molar-refractivity contribution in [3.8, 4) is 11.5 Å². The van der Waals surface area contributed by atoms with Crippen molar-refractivity contribution in [1.82, 2.24) is 0 Å². The number of benzene rings is 1. The molecule has 0 bridgehead atoms. The predicted octanol–water partition coefficient (Wildman–Crippen LogP) is 1.27. The molecule has 0 saturated heterocycles. The third kappa shape index (κ3) is 2.24. The standard InChI is InChI=1S/C12H15FN2O3/c1-17-9-5-7(13)8(6-10(9)18-2)15-11(16)12(14)3-4-12/h5-6H,3-4,14H2,1-2H3,(H,15,16). The average molecular weight is 254 g/mol. The molecule has 1 aromatic rings. The molecule has 0 unspecified atom stereocenters. The molecule has 6 heteroatoms. The molecule has 3 N–H and O–H groups in total. The lowest BCUT2D eigenvalue weighted by Crippen LogP contribution is -2.38. The molecule has 1 aromatic carbocycles. The van der Waals surface area contributed by atoms with Gasteiger partial charge in [0.2, 0.25) is 5.91 Å². The van der Waals surface area contributed by atoms with Gasteiger partial charge in [-0.25, -0.2) is 4.39 Å². The van der Waals surface area contributed by atoms with Crippen molar-refractivity contribution < 1.29 is 18.7 Å². The second-order valence-electron chi connectivity index (χ2n) is 4.30.